The Hall–Kier alpha value is -3.08. The van der Waals surface area contributed by atoms with Crippen LogP contribution in [0.2, 0.25) is 0 Å². The number of nitrogens with one attached hydrogen (secondary N) is 1. The van der Waals surface area contributed by atoms with Crippen LogP contribution in [0, 0.1) is 13.8 Å². The lowest BCUT2D eigenvalue weighted by atomic mass is 10.1. The Balaban J connectivity index is 1.88. The van der Waals surface area contributed by atoms with E-state index in [0.29, 0.717) is 16.8 Å². The second-order valence-corrected chi connectivity index (χ2v) is 5.90. The van der Waals surface area contributed by atoms with Crippen molar-refractivity contribution in [2.24, 2.45) is 12.8 Å². The number of nitrogens with zero attached hydrogens (tertiary/aromatic N) is 1. The van der Waals surface area contributed by atoms with Crippen LogP contribution in [0.4, 0.5) is 5.69 Å². The molecule has 0 atom stereocenters. The minimum atomic E-state index is -0.492. The van der Waals surface area contributed by atoms with E-state index in [4.69, 9.17) is 5.73 Å². The first-order chi connectivity index (χ1) is 11.4. The summed E-state index contributed by atoms with van der Waals surface area (Å²) in [5.41, 5.74) is 10.3. The van der Waals surface area contributed by atoms with Gasteiger partial charge in [-0.25, -0.2) is 0 Å². The third-order valence-corrected chi connectivity index (χ3v) is 4.50. The van der Waals surface area contributed by atoms with Crippen molar-refractivity contribution in [1.82, 2.24) is 4.57 Å². The number of primary amides is 1. The zero-order chi connectivity index (χ0) is 17.4. The van der Waals surface area contributed by atoms with Crippen molar-refractivity contribution >= 4 is 28.4 Å². The van der Waals surface area contributed by atoms with Gasteiger partial charge in [-0.2, -0.15) is 0 Å². The Morgan fingerprint density at radius 2 is 1.62 bits per heavy atom. The third-order valence-electron chi connectivity index (χ3n) is 4.50. The molecule has 0 aliphatic rings. The molecular formula is C19H19N3O2. The minimum absolute atomic E-state index is 0.190. The second-order valence-electron chi connectivity index (χ2n) is 5.90. The van der Waals surface area contributed by atoms with Crippen LogP contribution in [-0.2, 0) is 7.05 Å². The molecule has 0 radical (unpaired) electrons. The van der Waals surface area contributed by atoms with Crippen LogP contribution in [0.25, 0.3) is 10.9 Å². The lowest BCUT2D eigenvalue weighted by molar-refractivity contribution is 0.0998. The van der Waals surface area contributed by atoms with Gasteiger partial charge in [0.15, 0.2) is 0 Å². The summed E-state index contributed by atoms with van der Waals surface area (Å²) >= 11 is 0. The number of amides is 2. The van der Waals surface area contributed by atoms with Crippen molar-refractivity contribution in [2.45, 2.75) is 13.8 Å². The molecule has 0 spiro atoms. The summed E-state index contributed by atoms with van der Waals surface area (Å²) < 4.78 is 2.12. The molecular weight excluding hydrogens is 302 g/mol. The van der Waals surface area contributed by atoms with Gasteiger partial charge >= 0.3 is 0 Å². The van der Waals surface area contributed by atoms with Gasteiger partial charge in [-0.1, -0.05) is 0 Å². The summed E-state index contributed by atoms with van der Waals surface area (Å²) in [6.07, 6.45) is 0. The highest BCUT2D eigenvalue weighted by molar-refractivity contribution is 6.07. The molecule has 0 saturated carbocycles. The number of aryl methyl sites for hydroxylation is 2. The number of carbonyl (C=O) groups is 2. The van der Waals surface area contributed by atoms with E-state index in [1.807, 2.05) is 25.2 Å². The standard InChI is InChI=1S/C19H19N3O2/c1-11-12(2)22(3)17-9-6-14(10-16(11)17)19(24)21-15-7-4-13(5-8-15)18(20)23/h4-10H,1-3H3,(H2,20,23)(H,21,24). The largest absolute Gasteiger partial charge is 0.366 e. The topological polar surface area (TPSA) is 77.1 Å². The van der Waals surface area contributed by atoms with Crippen molar-refractivity contribution in [3.05, 3.63) is 64.8 Å². The predicted octanol–water partition coefficient (Wildman–Crippen LogP) is 3.15. The van der Waals surface area contributed by atoms with Crippen molar-refractivity contribution in [2.75, 3.05) is 5.32 Å². The van der Waals surface area contributed by atoms with E-state index in [0.717, 1.165) is 10.9 Å². The number of anilines is 1. The highest BCUT2D eigenvalue weighted by Crippen LogP contribution is 2.25. The number of hydrogen-bond donors (Lipinski definition) is 2. The molecule has 1 aromatic heterocycles. The van der Waals surface area contributed by atoms with Gasteiger partial charge < -0.3 is 15.6 Å². The van der Waals surface area contributed by atoms with Gasteiger partial charge in [-0.05, 0) is 61.9 Å². The van der Waals surface area contributed by atoms with Gasteiger partial charge in [0.1, 0.15) is 0 Å². The molecule has 2 amide bonds. The molecule has 0 aliphatic heterocycles. The molecule has 0 aliphatic carbocycles. The van der Waals surface area contributed by atoms with Crippen LogP contribution >= 0.6 is 0 Å². The molecule has 5 heteroatoms. The normalized spacial score (nSPS) is 10.8. The van der Waals surface area contributed by atoms with E-state index in [-0.39, 0.29) is 5.91 Å². The Bertz CT molecular complexity index is 953. The Morgan fingerprint density at radius 1 is 1.00 bits per heavy atom. The highest BCUT2D eigenvalue weighted by Gasteiger charge is 2.12. The smallest absolute Gasteiger partial charge is 0.255 e. The van der Waals surface area contributed by atoms with Gasteiger partial charge in [0, 0.05) is 40.5 Å². The predicted molar refractivity (Wildman–Crippen MR) is 95.3 cm³/mol. The zero-order valence-corrected chi connectivity index (χ0v) is 13.9. The molecule has 24 heavy (non-hydrogen) atoms. The fourth-order valence-electron chi connectivity index (χ4n) is 2.82. The summed E-state index contributed by atoms with van der Waals surface area (Å²) in [5.74, 6) is -0.683. The SMILES string of the molecule is Cc1c(C)n(C)c2ccc(C(=O)Nc3ccc(C(N)=O)cc3)cc12. The lowest BCUT2D eigenvalue weighted by Gasteiger charge is -2.06. The minimum Gasteiger partial charge on any atom is -0.366 e. The number of benzene rings is 2. The van der Waals surface area contributed by atoms with Crippen LogP contribution in [0.3, 0.4) is 0 Å². The second kappa shape index (κ2) is 5.85. The van der Waals surface area contributed by atoms with Crippen LogP contribution in [0.1, 0.15) is 32.0 Å². The maximum Gasteiger partial charge on any atom is 0.255 e. The fourth-order valence-corrected chi connectivity index (χ4v) is 2.82. The van der Waals surface area contributed by atoms with Crippen molar-refractivity contribution in [1.29, 1.82) is 0 Å². The monoisotopic (exact) mass is 321 g/mol. The summed E-state index contributed by atoms with van der Waals surface area (Å²) in [4.78, 5) is 23.5. The van der Waals surface area contributed by atoms with Crippen LogP contribution in [-0.4, -0.2) is 16.4 Å². The van der Waals surface area contributed by atoms with Crippen molar-refractivity contribution < 1.29 is 9.59 Å². The van der Waals surface area contributed by atoms with Crippen LogP contribution in [0.5, 0.6) is 0 Å². The summed E-state index contributed by atoms with van der Waals surface area (Å²) in [6.45, 7) is 4.12. The first-order valence-corrected chi connectivity index (χ1v) is 7.65. The molecule has 0 bridgehead atoms. The third kappa shape index (κ3) is 2.65. The van der Waals surface area contributed by atoms with E-state index >= 15 is 0 Å². The quantitative estimate of drug-likeness (QED) is 0.777. The first-order valence-electron chi connectivity index (χ1n) is 7.65. The van der Waals surface area contributed by atoms with Gasteiger partial charge in [0.25, 0.3) is 5.91 Å². The first kappa shape index (κ1) is 15.8. The van der Waals surface area contributed by atoms with Gasteiger partial charge in [0.05, 0.1) is 0 Å². The van der Waals surface area contributed by atoms with Gasteiger partial charge in [0.2, 0.25) is 5.91 Å². The van der Waals surface area contributed by atoms with E-state index in [2.05, 4.69) is 23.7 Å². The fraction of sp³-hybridized carbons (Fsp3) is 0.158. The number of hydrogen-bond acceptors (Lipinski definition) is 2. The summed E-state index contributed by atoms with van der Waals surface area (Å²) in [7, 11) is 2.02. The highest BCUT2D eigenvalue weighted by atomic mass is 16.2. The Kier molecular flexibility index (Phi) is 3.85. The molecule has 0 saturated heterocycles. The summed E-state index contributed by atoms with van der Waals surface area (Å²) in [5, 5.41) is 3.91. The lowest BCUT2D eigenvalue weighted by Crippen LogP contribution is -2.13. The average Bonchev–Trinajstić information content (AvgIpc) is 2.79. The molecule has 0 fully saturated rings. The van der Waals surface area contributed by atoms with E-state index < -0.39 is 5.91 Å². The number of fused-ring (bicyclic) bond motifs is 1. The molecule has 122 valence electrons. The average molecular weight is 321 g/mol. The Morgan fingerprint density at radius 3 is 2.25 bits per heavy atom. The van der Waals surface area contributed by atoms with Crippen LogP contribution < -0.4 is 11.1 Å². The molecule has 5 nitrogen and oxygen atoms in total. The Labute approximate surface area is 140 Å². The van der Waals surface area contributed by atoms with E-state index in [1.165, 1.54) is 11.3 Å². The summed E-state index contributed by atoms with van der Waals surface area (Å²) in [6, 6.07) is 12.2. The van der Waals surface area contributed by atoms with Gasteiger partial charge in [-0.3, -0.25) is 9.59 Å². The van der Waals surface area contributed by atoms with E-state index in [9.17, 15) is 9.59 Å². The van der Waals surface area contributed by atoms with Crippen molar-refractivity contribution in [3.8, 4) is 0 Å². The number of rotatable bonds is 3. The van der Waals surface area contributed by atoms with Crippen LogP contribution in [0.15, 0.2) is 42.5 Å². The molecule has 3 aromatic rings. The maximum atomic E-state index is 12.5. The van der Waals surface area contributed by atoms with E-state index in [1.54, 1.807) is 24.3 Å². The number of carbonyl (C=O) groups excluding carboxylic acids is 2. The maximum absolute atomic E-state index is 12.5. The molecule has 3 rings (SSSR count). The molecule has 3 N–H and O–H groups in total. The molecule has 2 aromatic carbocycles. The molecule has 1 heterocycles. The molecule has 0 unspecified atom stereocenters. The number of aromatic nitrogens is 1. The number of nitrogens with two attached hydrogens (primary N) is 1. The van der Waals surface area contributed by atoms with Gasteiger partial charge in [-0.15, -0.1) is 0 Å². The van der Waals surface area contributed by atoms with Crippen molar-refractivity contribution in [3.63, 3.8) is 0 Å². The zero-order valence-electron chi connectivity index (χ0n) is 13.9.